The molecule has 29 heavy (non-hydrogen) atoms. The Balaban J connectivity index is 1.53. The van der Waals surface area contributed by atoms with Crippen molar-refractivity contribution in [1.82, 2.24) is 9.80 Å². The molecular formula is C23H25BrN2O3. The number of nitrogens with zero attached hydrogens (tertiary/aromatic N) is 2. The summed E-state index contributed by atoms with van der Waals surface area (Å²) < 4.78 is 6.05. The highest BCUT2D eigenvalue weighted by molar-refractivity contribution is 9.10. The number of likely N-dealkylation sites (tertiary alicyclic amines) is 1. The molecule has 0 bridgehead atoms. The molecular weight excluding hydrogens is 432 g/mol. The molecule has 5 nitrogen and oxygen atoms in total. The number of carbonyl (C=O) groups excluding carboxylic acids is 2. The Morgan fingerprint density at radius 1 is 1.14 bits per heavy atom. The van der Waals surface area contributed by atoms with Crippen LogP contribution in [0.1, 0.15) is 35.6 Å². The first-order valence-electron chi connectivity index (χ1n) is 10.0. The Bertz CT molecular complexity index is 917. The second-order valence-corrected chi connectivity index (χ2v) is 8.63. The normalized spacial score (nSPS) is 21.7. The summed E-state index contributed by atoms with van der Waals surface area (Å²) >= 11 is 3.54. The number of benzene rings is 2. The average Bonchev–Trinajstić information content (AvgIpc) is 3.20. The van der Waals surface area contributed by atoms with Crippen LogP contribution in [-0.2, 0) is 27.3 Å². The van der Waals surface area contributed by atoms with Gasteiger partial charge in [0.15, 0.2) is 0 Å². The van der Waals surface area contributed by atoms with Crippen LogP contribution in [0.25, 0.3) is 0 Å². The minimum absolute atomic E-state index is 0.0169. The molecule has 2 aromatic rings. The van der Waals surface area contributed by atoms with E-state index in [1.54, 1.807) is 4.90 Å². The van der Waals surface area contributed by atoms with Crippen molar-refractivity contribution in [1.29, 1.82) is 0 Å². The third-order valence-electron chi connectivity index (χ3n) is 5.98. The Labute approximate surface area is 179 Å². The lowest BCUT2D eigenvalue weighted by atomic mass is 9.94. The van der Waals surface area contributed by atoms with Crippen LogP contribution in [-0.4, -0.2) is 47.9 Å². The number of hydrogen-bond donors (Lipinski definition) is 0. The van der Waals surface area contributed by atoms with E-state index in [9.17, 15) is 9.59 Å². The number of ether oxygens (including phenoxy) is 1. The largest absolute Gasteiger partial charge is 0.467 e. The molecule has 0 spiro atoms. The summed E-state index contributed by atoms with van der Waals surface area (Å²) in [6.07, 6.45) is 2.60. The molecule has 152 valence electrons. The second-order valence-electron chi connectivity index (χ2n) is 7.72. The summed E-state index contributed by atoms with van der Waals surface area (Å²) in [7, 11) is 1.38. The Kier molecular flexibility index (Phi) is 6.01. The van der Waals surface area contributed by atoms with Crippen molar-refractivity contribution >= 4 is 27.8 Å². The predicted octanol–water partition coefficient (Wildman–Crippen LogP) is 3.71. The summed E-state index contributed by atoms with van der Waals surface area (Å²) in [4.78, 5) is 29.7. The highest BCUT2D eigenvalue weighted by Gasteiger charge is 2.37. The first-order valence-corrected chi connectivity index (χ1v) is 10.8. The summed E-state index contributed by atoms with van der Waals surface area (Å²) in [6.45, 7) is 1.65. The molecule has 2 aliphatic rings. The molecule has 0 N–H and O–H groups in total. The maximum absolute atomic E-state index is 13.3. The zero-order chi connectivity index (χ0) is 20.4. The van der Waals surface area contributed by atoms with Gasteiger partial charge in [0.25, 0.3) is 0 Å². The van der Waals surface area contributed by atoms with Gasteiger partial charge in [0.05, 0.1) is 13.7 Å². The SMILES string of the molecule is COC(=O)C1Cc2ccccc2CN1C(=O)CN1CCCC1c1cccc(Br)c1. The van der Waals surface area contributed by atoms with Crippen molar-refractivity contribution < 1.29 is 14.3 Å². The monoisotopic (exact) mass is 456 g/mol. The van der Waals surface area contributed by atoms with Gasteiger partial charge in [0.1, 0.15) is 6.04 Å². The fourth-order valence-electron chi connectivity index (χ4n) is 4.50. The number of esters is 1. The van der Waals surface area contributed by atoms with Gasteiger partial charge in [0, 0.05) is 23.5 Å². The van der Waals surface area contributed by atoms with Gasteiger partial charge >= 0.3 is 5.97 Å². The summed E-state index contributed by atoms with van der Waals surface area (Å²) in [5.74, 6) is -0.366. The lowest BCUT2D eigenvalue weighted by molar-refractivity contribution is -0.154. The molecule has 2 aromatic carbocycles. The van der Waals surface area contributed by atoms with Crippen molar-refractivity contribution in [2.75, 3.05) is 20.2 Å². The fourth-order valence-corrected chi connectivity index (χ4v) is 4.92. The van der Waals surface area contributed by atoms with Crippen molar-refractivity contribution in [3.8, 4) is 0 Å². The van der Waals surface area contributed by atoms with Gasteiger partial charge in [-0.15, -0.1) is 0 Å². The van der Waals surface area contributed by atoms with E-state index in [1.165, 1.54) is 12.7 Å². The van der Waals surface area contributed by atoms with Gasteiger partial charge in [0.2, 0.25) is 5.91 Å². The molecule has 2 atom stereocenters. The highest BCUT2D eigenvalue weighted by Crippen LogP contribution is 2.33. The predicted molar refractivity (Wildman–Crippen MR) is 114 cm³/mol. The van der Waals surface area contributed by atoms with E-state index >= 15 is 0 Å². The standard InChI is InChI=1S/C23H25BrN2O3/c1-29-23(28)21-13-16-6-2-3-7-18(16)14-26(21)22(27)15-25-11-5-10-20(25)17-8-4-9-19(24)12-17/h2-4,6-9,12,20-21H,5,10-11,13-15H2,1H3. The van der Waals surface area contributed by atoms with Crippen LogP contribution in [0.3, 0.4) is 0 Å². The number of hydrogen-bond acceptors (Lipinski definition) is 4. The molecule has 0 aliphatic carbocycles. The van der Waals surface area contributed by atoms with Gasteiger partial charge < -0.3 is 9.64 Å². The molecule has 0 aromatic heterocycles. The third kappa shape index (κ3) is 4.23. The van der Waals surface area contributed by atoms with Gasteiger partial charge in [-0.05, 0) is 48.2 Å². The fraction of sp³-hybridized carbons (Fsp3) is 0.391. The molecule has 2 unspecified atom stereocenters. The number of methoxy groups -OCH3 is 1. The van der Waals surface area contributed by atoms with Crippen LogP contribution >= 0.6 is 15.9 Å². The first kappa shape index (κ1) is 20.1. The van der Waals surface area contributed by atoms with Crippen LogP contribution in [0.15, 0.2) is 53.0 Å². The first-order chi connectivity index (χ1) is 14.1. The van der Waals surface area contributed by atoms with Gasteiger partial charge in [-0.1, -0.05) is 52.3 Å². The summed E-state index contributed by atoms with van der Waals surface area (Å²) in [6, 6.07) is 16.0. The van der Waals surface area contributed by atoms with E-state index in [-0.39, 0.29) is 17.9 Å². The summed E-state index contributed by atoms with van der Waals surface area (Å²) in [5.41, 5.74) is 3.43. The van der Waals surface area contributed by atoms with Gasteiger partial charge in [-0.2, -0.15) is 0 Å². The van der Waals surface area contributed by atoms with Crippen molar-refractivity contribution in [2.45, 2.75) is 37.9 Å². The van der Waals surface area contributed by atoms with Crippen molar-refractivity contribution in [3.63, 3.8) is 0 Å². The Morgan fingerprint density at radius 2 is 1.93 bits per heavy atom. The van der Waals surface area contributed by atoms with Crippen molar-refractivity contribution in [2.24, 2.45) is 0 Å². The quantitative estimate of drug-likeness (QED) is 0.657. The number of rotatable bonds is 4. The molecule has 0 radical (unpaired) electrons. The number of amides is 1. The maximum atomic E-state index is 13.3. The number of fused-ring (bicyclic) bond motifs is 1. The maximum Gasteiger partial charge on any atom is 0.328 e. The minimum Gasteiger partial charge on any atom is -0.467 e. The molecule has 2 aliphatic heterocycles. The van der Waals surface area contributed by atoms with E-state index in [0.717, 1.165) is 35.0 Å². The highest BCUT2D eigenvalue weighted by atomic mass is 79.9. The summed E-state index contributed by atoms with van der Waals surface area (Å²) in [5, 5.41) is 0. The molecule has 0 saturated carbocycles. The zero-order valence-electron chi connectivity index (χ0n) is 16.5. The molecule has 4 rings (SSSR count). The molecule has 6 heteroatoms. The zero-order valence-corrected chi connectivity index (χ0v) is 18.1. The smallest absolute Gasteiger partial charge is 0.328 e. The van der Waals surface area contributed by atoms with E-state index in [0.29, 0.717) is 19.5 Å². The Hall–Kier alpha value is -2.18. The van der Waals surface area contributed by atoms with Crippen molar-refractivity contribution in [3.05, 3.63) is 69.7 Å². The van der Waals surface area contributed by atoms with Crippen LogP contribution in [0, 0.1) is 0 Å². The van der Waals surface area contributed by atoms with E-state index < -0.39 is 6.04 Å². The molecule has 2 heterocycles. The van der Waals surface area contributed by atoms with Crippen LogP contribution < -0.4 is 0 Å². The van der Waals surface area contributed by atoms with Crippen LogP contribution in [0.2, 0.25) is 0 Å². The molecule has 1 amide bonds. The average molecular weight is 457 g/mol. The lowest BCUT2D eigenvalue weighted by Gasteiger charge is -2.36. The third-order valence-corrected chi connectivity index (χ3v) is 6.47. The van der Waals surface area contributed by atoms with E-state index in [4.69, 9.17) is 4.74 Å². The van der Waals surface area contributed by atoms with Crippen LogP contribution in [0.5, 0.6) is 0 Å². The number of halogens is 1. The number of carbonyl (C=O) groups is 2. The van der Waals surface area contributed by atoms with Crippen LogP contribution in [0.4, 0.5) is 0 Å². The second kappa shape index (κ2) is 8.67. The van der Waals surface area contributed by atoms with E-state index in [1.807, 2.05) is 36.4 Å². The Morgan fingerprint density at radius 3 is 2.69 bits per heavy atom. The topological polar surface area (TPSA) is 49.9 Å². The van der Waals surface area contributed by atoms with E-state index in [2.05, 4.69) is 33.0 Å². The van der Waals surface area contributed by atoms with Gasteiger partial charge in [-0.3, -0.25) is 9.69 Å². The molecule has 1 saturated heterocycles. The minimum atomic E-state index is -0.561. The lowest BCUT2D eigenvalue weighted by Crippen LogP contribution is -2.51. The van der Waals surface area contributed by atoms with Gasteiger partial charge in [-0.25, -0.2) is 4.79 Å². The molecule has 1 fully saturated rings.